The zero-order valence-corrected chi connectivity index (χ0v) is 13.2. The van der Waals surface area contributed by atoms with Gasteiger partial charge in [-0.25, -0.2) is 0 Å². The van der Waals surface area contributed by atoms with Crippen LogP contribution in [0.15, 0.2) is 42.5 Å². The molecule has 2 aromatic carbocycles. The van der Waals surface area contributed by atoms with Crippen LogP contribution < -0.4 is 9.47 Å². The quantitative estimate of drug-likeness (QED) is 0.946. The molecule has 0 aliphatic carbocycles. The number of rotatable bonds is 3. The number of likely N-dealkylation sites (N-methyl/N-ethyl adjacent to an activating group) is 1. The first kappa shape index (κ1) is 15.2. The maximum Gasteiger partial charge on any atom is 0.254 e. The highest BCUT2D eigenvalue weighted by atomic mass is 16.6. The average molecular weight is 313 g/mol. The molecule has 0 bridgehead atoms. The highest BCUT2D eigenvalue weighted by Gasteiger charge is 2.25. The fourth-order valence-corrected chi connectivity index (χ4v) is 2.60. The maximum absolute atomic E-state index is 12.6. The van der Waals surface area contributed by atoms with E-state index in [0.29, 0.717) is 30.0 Å². The van der Waals surface area contributed by atoms with Crippen LogP contribution in [0.25, 0.3) is 0 Å². The van der Waals surface area contributed by atoms with Gasteiger partial charge in [0.1, 0.15) is 12.4 Å². The van der Waals surface area contributed by atoms with Gasteiger partial charge in [-0.3, -0.25) is 4.79 Å². The molecule has 0 radical (unpaired) electrons. The summed E-state index contributed by atoms with van der Waals surface area (Å²) < 4.78 is 11.5. The fraction of sp³-hybridized carbons (Fsp3) is 0.278. The Morgan fingerprint density at radius 2 is 1.96 bits per heavy atom. The molecule has 23 heavy (non-hydrogen) atoms. The zero-order valence-electron chi connectivity index (χ0n) is 13.2. The van der Waals surface area contributed by atoms with E-state index < -0.39 is 0 Å². The lowest BCUT2D eigenvalue weighted by Crippen LogP contribution is -2.41. The van der Waals surface area contributed by atoms with Crippen molar-refractivity contribution < 1.29 is 19.4 Å². The van der Waals surface area contributed by atoms with Gasteiger partial charge in [0.25, 0.3) is 5.91 Å². The molecule has 0 fully saturated rings. The Bertz CT molecular complexity index is 729. The Morgan fingerprint density at radius 3 is 2.74 bits per heavy atom. The van der Waals surface area contributed by atoms with E-state index >= 15 is 0 Å². The highest BCUT2D eigenvalue weighted by Crippen LogP contribution is 2.31. The molecule has 1 amide bonds. The van der Waals surface area contributed by atoms with E-state index in [1.54, 1.807) is 37.1 Å². The number of amides is 1. The van der Waals surface area contributed by atoms with Crippen LogP contribution in [0.2, 0.25) is 0 Å². The molecule has 1 unspecified atom stereocenters. The number of carbonyl (C=O) groups is 1. The summed E-state index contributed by atoms with van der Waals surface area (Å²) in [6.45, 7) is 2.53. The number of carbonyl (C=O) groups excluding carboxylic acids is 1. The van der Waals surface area contributed by atoms with Crippen molar-refractivity contribution >= 4 is 5.91 Å². The Balaban J connectivity index is 1.69. The third kappa shape index (κ3) is 3.08. The number of ether oxygens (including phenoxy) is 2. The number of nitrogens with zero attached hydrogens (tertiary/aromatic N) is 1. The predicted molar refractivity (Wildman–Crippen MR) is 86.2 cm³/mol. The minimum Gasteiger partial charge on any atom is -0.508 e. The minimum atomic E-state index is -0.225. The number of para-hydroxylation sites is 2. The summed E-state index contributed by atoms with van der Waals surface area (Å²) in [5, 5.41) is 9.75. The molecule has 5 nitrogen and oxygen atoms in total. The highest BCUT2D eigenvalue weighted by molar-refractivity contribution is 5.96. The summed E-state index contributed by atoms with van der Waals surface area (Å²) in [5.41, 5.74) is 1.07. The van der Waals surface area contributed by atoms with Crippen molar-refractivity contribution in [3.05, 3.63) is 53.6 Å². The Labute approximate surface area is 135 Å². The minimum absolute atomic E-state index is 0.121. The van der Waals surface area contributed by atoms with Crippen LogP contribution in [-0.4, -0.2) is 42.2 Å². The number of phenolic OH excluding ortho intramolecular Hbond substituents is 1. The van der Waals surface area contributed by atoms with Crippen LogP contribution in [0.3, 0.4) is 0 Å². The van der Waals surface area contributed by atoms with Gasteiger partial charge in [0, 0.05) is 18.2 Å². The third-order valence-electron chi connectivity index (χ3n) is 3.93. The number of aromatic hydroxyl groups is 1. The second kappa shape index (κ2) is 6.20. The van der Waals surface area contributed by atoms with E-state index in [1.807, 2.05) is 24.3 Å². The van der Waals surface area contributed by atoms with Crippen molar-refractivity contribution in [2.24, 2.45) is 0 Å². The number of fused-ring (bicyclic) bond motifs is 1. The molecule has 0 aromatic heterocycles. The standard InChI is InChI=1S/C18H19NO4/c1-12-14(6-5-7-15(12)20)18(21)19(2)10-13-11-22-16-8-3-4-9-17(16)23-13/h3-9,13,20H,10-11H2,1-2H3. The fourth-order valence-electron chi connectivity index (χ4n) is 2.60. The van der Waals surface area contributed by atoms with Crippen molar-refractivity contribution in [3.63, 3.8) is 0 Å². The molecule has 2 aromatic rings. The molecule has 1 aliphatic rings. The van der Waals surface area contributed by atoms with Crippen molar-refractivity contribution in [1.82, 2.24) is 4.90 Å². The maximum atomic E-state index is 12.6. The molecule has 1 atom stereocenters. The molecule has 0 saturated heterocycles. The summed E-state index contributed by atoms with van der Waals surface area (Å²) in [7, 11) is 1.72. The smallest absolute Gasteiger partial charge is 0.254 e. The predicted octanol–water partition coefficient (Wildman–Crippen LogP) is 2.61. The second-order valence-corrected chi connectivity index (χ2v) is 5.63. The molecule has 0 spiro atoms. The average Bonchev–Trinajstić information content (AvgIpc) is 2.56. The molecule has 1 aliphatic heterocycles. The number of phenols is 1. The molecule has 5 heteroatoms. The van der Waals surface area contributed by atoms with Gasteiger partial charge in [0.15, 0.2) is 17.6 Å². The van der Waals surface area contributed by atoms with Crippen LogP contribution in [0, 0.1) is 6.92 Å². The summed E-state index contributed by atoms with van der Waals surface area (Å²) in [4.78, 5) is 14.1. The molecule has 1 heterocycles. The molecule has 0 saturated carbocycles. The summed E-state index contributed by atoms with van der Waals surface area (Å²) in [5.74, 6) is 1.39. The van der Waals surface area contributed by atoms with Gasteiger partial charge in [0.2, 0.25) is 0 Å². The van der Waals surface area contributed by atoms with Crippen LogP contribution in [-0.2, 0) is 0 Å². The Hall–Kier alpha value is -2.69. The number of hydrogen-bond acceptors (Lipinski definition) is 4. The molecular weight excluding hydrogens is 294 g/mol. The molecule has 120 valence electrons. The summed E-state index contributed by atoms with van der Waals surface area (Å²) >= 11 is 0. The topological polar surface area (TPSA) is 59.0 Å². The summed E-state index contributed by atoms with van der Waals surface area (Å²) in [6.07, 6.45) is -0.225. The normalized spacial score (nSPS) is 16.0. The van der Waals surface area contributed by atoms with Gasteiger partial charge in [0.05, 0.1) is 6.54 Å². The van der Waals surface area contributed by atoms with E-state index in [1.165, 1.54) is 0 Å². The molecule has 1 N–H and O–H groups in total. The van der Waals surface area contributed by atoms with Crippen LogP contribution in [0.4, 0.5) is 0 Å². The van der Waals surface area contributed by atoms with Gasteiger partial charge < -0.3 is 19.5 Å². The van der Waals surface area contributed by atoms with Crippen LogP contribution >= 0.6 is 0 Å². The zero-order chi connectivity index (χ0) is 16.4. The summed E-state index contributed by atoms with van der Waals surface area (Å²) in [6, 6.07) is 12.4. The van der Waals surface area contributed by atoms with Crippen molar-refractivity contribution in [1.29, 1.82) is 0 Å². The van der Waals surface area contributed by atoms with Crippen molar-refractivity contribution in [2.45, 2.75) is 13.0 Å². The second-order valence-electron chi connectivity index (χ2n) is 5.63. The van der Waals surface area contributed by atoms with Crippen LogP contribution in [0.5, 0.6) is 17.2 Å². The SMILES string of the molecule is Cc1c(O)cccc1C(=O)N(C)CC1COc2ccccc2O1. The Kier molecular flexibility index (Phi) is 4.10. The van der Waals surface area contributed by atoms with E-state index in [2.05, 4.69) is 0 Å². The first-order valence-corrected chi connectivity index (χ1v) is 7.49. The van der Waals surface area contributed by atoms with Gasteiger partial charge in [-0.05, 0) is 31.2 Å². The lowest BCUT2D eigenvalue weighted by atomic mass is 10.1. The van der Waals surface area contributed by atoms with Gasteiger partial charge in [-0.2, -0.15) is 0 Å². The third-order valence-corrected chi connectivity index (χ3v) is 3.93. The lowest BCUT2D eigenvalue weighted by molar-refractivity contribution is 0.0520. The van der Waals surface area contributed by atoms with E-state index in [9.17, 15) is 9.90 Å². The Morgan fingerprint density at radius 1 is 1.22 bits per heavy atom. The van der Waals surface area contributed by atoms with Gasteiger partial charge >= 0.3 is 0 Å². The van der Waals surface area contributed by atoms with Gasteiger partial charge in [-0.1, -0.05) is 18.2 Å². The largest absolute Gasteiger partial charge is 0.508 e. The lowest BCUT2D eigenvalue weighted by Gasteiger charge is -2.29. The number of benzene rings is 2. The van der Waals surface area contributed by atoms with E-state index in [0.717, 1.165) is 5.75 Å². The molecular formula is C18H19NO4. The van der Waals surface area contributed by atoms with E-state index in [-0.39, 0.29) is 17.8 Å². The van der Waals surface area contributed by atoms with Gasteiger partial charge in [-0.15, -0.1) is 0 Å². The van der Waals surface area contributed by atoms with Crippen molar-refractivity contribution in [2.75, 3.05) is 20.2 Å². The first-order chi connectivity index (χ1) is 11.1. The van der Waals surface area contributed by atoms with Crippen LogP contribution in [0.1, 0.15) is 15.9 Å². The first-order valence-electron chi connectivity index (χ1n) is 7.49. The molecule has 3 rings (SSSR count). The number of hydrogen-bond donors (Lipinski definition) is 1. The van der Waals surface area contributed by atoms with E-state index in [4.69, 9.17) is 9.47 Å². The monoisotopic (exact) mass is 313 g/mol. The van der Waals surface area contributed by atoms with Crippen molar-refractivity contribution in [3.8, 4) is 17.2 Å².